The van der Waals surface area contributed by atoms with Gasteiger partial charge in [0.1, 0.15) is 11.6 Å². The van der Waals surface area contributed by atoms with Crippen LogP contribution in [0.2, 0.25) is 0 Å². The van der Waals surface area contributed by atoms with Gasteiger partial charge < -0.3 is 10.6 Å². The summed E-state index contributed by atoms with van der Waals surface area (Å²) < 4.78 is 1.70. The lowest BCUT2D eigenvalue weighted by Gasteiger charge is -2.08. The highest BCUT2D eigenvalue weighted by molar-refractivity contribution is 5.84. The Labute approximate surface area is 87.7 Å². The van der Waals surface area contributed by atoms with E-state index in [4.69, 9.17) is 5.73 Å². The second-order valence-electron chi connectivity index (χ2n) is 3.77. The lowest BCUT2D eigenvalue weighted by atomic mass is 10.4. The molecule has 0 bridgehead atoms. The van der Waals surface area contributed by atoms with Crippen LogP contribution in [0.25, 0.3) is 11.0 Å². The number of nitrogens with zero attached hydrogens (tertiary/aromatic N) is 5. The molecule has 2 N–H and O–H groups in total. The van der Waals surface area contributed by atoms with Gasteiger partial charge in [-0.2, -0.15) is 5.10 Å². The lowest BCUT2D eigenvalue weighted by Crippen LogP contribution is -2.14. The number of nitrogen functional groups attached to an aromatic ring is 1. The van der Waals surface area contributed by atoms with Crippen molar-refractivity contribution in [3.8, 4) is 0 Å². The van der Waals surface area contributed by atoms with Crippen LogP contribution >= 0.6 is 0 Å². The summed E-state index contributed by atoms with van der Waals surface area (Å²) in [5, 5.41) is 4.90. The van der Waals surface area contributed by atoms with Crippen LogP contribution in [0.4, 0.5) is 5.82 Å². The van der Waals surface area contributed by atoms with E-state index in [1.165, 1.54) is 0 Å². The number of hydrogen-bond acceptors (Lipinski definition) is 5. The third-order valence-electron chi connectivity index (χ3n) is 2.13. The molecular formula is C9H14N6. The van der Waals surface area contributed by atoms with Gasteiger partial charge in [-0.25, -0.2) is 9.97 Å². The fourth-order valence-electron chi connectivity index (χ4n) is 1.44. The SMILES string of the molecule is CN(C)Cc1nc(N)c2cnn(C)c2n1. The number of aryl methyl sites for hydroxylation is 1. The summed E-state index contributed by atoms with van der Waals surface area (Å²) in [5.41, 5.74) is 6.60. The van der Waals surface area contributed by atoms with E-state index in [-0.39, 0.29) is 0 Å². The molecule has 0 radical (unpaired) electrons. The minimum Gasteiger partial charge on any atom is -0.383 e. The third kappa shape index (κ3) is 1.75. The second-order valence-corrected chi connectivity index (χ2v) is 3.77. The molecule has 6 heteroatoms. The molecule has 0 atom stereocenters. The summed E-state index contributed by atoms with van der Waals surface area (Å²) in [6.45, 7) is 0.672. The van der Waals surface area contributed by atoms with Gasteiger partial charge in [-0.15, -0.1) is 0 Å². The first-order valence-corrected chi connectivity index (χ1v) is 4.67. The fraction of sp³-hybridized carbons (Fsp3) is 0.444. The van der Waals surface area contributed by atoms with E-state index in [9.17, 15) is 0 Å². The Balaban J connectivity index is 2.55. The van der Waals surface area contributed by atoms with Crippen LogP contribution < -0.4 is 5.73 Å². The van der Waals surface area contributed by atoms with Gasteiger partial charge in [0.05, 0.1) is 18.1 Å². The molecule has 0 aliphatic rings. The number of hydrogen-bond donors (Lipinski definition) is 1. The van der Waals surface area contributed by atoms with Gasteiger partial charge in [-0.3, -0.25) is 4.68 Å². The van der Waals surface area contributed by atoms with Gasteiger partial charge in [0.25, 0.3) is 0 Å². The number of anilines is 1. The van der Waals surface area contributed by atoms with E-state index in [0.717, 1.165) is 11.0 Å². The monoisotopic (exact) mass is 206 g/mol. The molecule has 0 amide bonds. The van der Waals surface area contributed by atoms with E-state index < -0.39 is 0 Å². The summed E-state index contributed by atoms with van der Waals surface area (Å²) in [5.74, 6) is 1.21. The van der Waals surface area contributed by atoms with Crippen molar-refractivity contribution in [2.45, 2.75) is 6.54 Å². The zero-order valence-corrected chi connectivity index (χ0v) is 9.10. The van der Waals surface area contributed by atoms with Gasteiger partial charge in [-0.1, -0.05) is 0 Å². The summed E-state index contributed by atoms with van der Waals surface area (Å²) >= 11 is 0. The van der Waals surface area contributed by atoms with Crippen molar-refractivity contribution in [1.82, 2.24) is 24.6 Å². The maximum Gasteiger partial charge on any atom is 0.163 e. The van der Waals surface area contributed by atoms with Crippen molar-refractivity contribution in [2.24, 2.45) is 7.05 Å². The Bertz CT molecular complexity index is 487. The highest BCUT2D eigenvalue weighted by Crippen LogP contribution is 2.16. The number of fused-ring (bicyclic) bond motifs is 1. The number of rotatable bonds is 2. The largest absolute Gasteiger partial charge is 0.383 e. The van der Waals surface area contributed by atoms with Crippen molar-refractivity contribution in [3.63, 3.8) is 0 Å². The van der Waals surface area contributed by atoms with Gasteiger partial charge in [0, 0.05) is 7.05 Å². The van der Waals surface area contributed by atoms with Crippen LogP contribution in [0.5, 0.6) is 0 Å². The van der Waals surface area contributed by atoms with Crippen molar-refractivity contribution in [2.75, 3.05) is 19.8 Å². The van der Waals surface area contributed by atoms with Crippen LogP contribution in [0.1, 0.15) is 5.82 Å². The Morgan fingerprint density at radius 1 is 1.40 bits per heavy atom. The molecule has 0 aliphatic carbocycles. The summed E-state index contributed by atoms with van der Waals surface area (Å²) in [4.78, 5) is 10.6. The Kier molecular flexibility index (Phi) is 2.28. The number of nitrogens with two attached hydrogens (primary N) is 1. The van der Waals surface area contributed by atoms with E-state index >= 15 is 0 Å². The van der Waals surface area contributed by atoms with Crippen molar-refractivity contribution < 1.29 is 0 Å². The molecule has 2 aromatic heterocycles. The molecular weight excluding hydrogens is 192 g/mol. The predicted octanol–water partition coefficient (Wildman–Crippen LogP) is 0.00710. The molecule has 2 heterocycles. The molecule has 0 aromatic carbocycles. The van der Waals surface area contributed by atoms with E-state index in [0.29, 0.717) is 18.2 Å². The first-order valence-electron chi connectivity index (χ1n) is 4.67. The molecule has 0 saturated heterocycles. The van der Waals surface area contributed by atoms with Crippen LogP contribution in [0.15, 0.2) is 6.20 Å². The van der Waals surface area contributed by atoms with Crippen molar-refractivity contribution in [1.29, 1.82) is 0 Å². The van der Waals surface area contributed by atoms with Crippen LogP contribution in [-0.4, -0.2) is 38.7 Å². The van der Waals surface area contributed by atoms with Gasteiger partial charge in [0.2, 0.25) is 0 Å². The quantitative estimate of drug-likeness (QED) is 0.749. The maximum absolute atomic E-state index is 5.82. The molecule has 15 heavy (non-hydrogen) atoms. The molecule has 0 saturated carbocycles. The summed E-state index contributed by atoms with van der Waals surface area (Å²) in [6, 6.07) is 0. The summed E-state index contributed by atoms with van der Waals surface area (Å²) in [7, 11) is 5.77. The standard InChI is InChI=1S/C9H14N6/c1-14(2)5-7-12-8(10)6-4-11-15(3)9(6)13-7/h4H,5H2,1-3H3,(H2,10,12,13). The average Bonchev–Trinajstić information content (AvgIpc) is 2.47. The molecule has 80 valence electrons. The van der Waals surface area contributed by atoms with Crippen molar-refractivity contribution >= 4 is 16.9 Å². The van der Waals surface area contributed by atoms with E-state index in [1.54, 1.807) is 10.9 Å². The Hall–Kier alpha value is -1.69. The van der Waals surface area contributed by atoms with Crippen LogP contribution in [-0.2, 0) is 13.6 Å². The minimum atomic E-state index is 0.491. The minimum absolute atomic E-state index is 0.491. The first kappa shape index (κ1) is 9.85. The third-order valence-corrected chi connectivity index (χ3v) is 2.13. The zero-order chi connectivity index (χ0) is 11.0. The molecule has 2 aromatic rings. The van der Waals surface area contributed by atoms with Crippen LogP contribution in [0, 0.1) is 0 Å². The lowest BCUT2D eigenvalue weighted by molar-refractivity contribution is 0.391. The highest BCUT2D eigenvalue weighted by atomic mass is 15.3. The van der Waals surface area contributed by atoms with E-state index in [1.807, 2.05) is 26.0 Å². The molecule has 0 unspecified atom stereocenters. The normalized spacial score (nSPS) is 11.5. The summed E-state index contributed by atoms with van der Waals surface area (Å²) in [6.07, 6.45) is 1.68. The maximum atomic E-state index is 5.82. The first-order chi connectivity index (χ1) is 7.08. The Morgan fingerprint density at radius 2 is 2.13 bits per heavy atom. The highest BCUT2D eigenvalue weighted by Gasteiger charge is 2.09. The molecule has 0 fully saturated rings. The molecule has 2 rings (SSSR count). The zero-order valence-electron chi connectivity index (χ0n) is 9.10. The number of aromatic nitrogens is 4. The topological polar surface area (TPSA) is 72.9 Å². The molecule has 0 aliphatic heterocycles. The van der Waals surface area contributed by atoms with Gasteiger partial charge in [-0.05, 0) is 14.1 Å². The average molecular weight is 206 g/mol. The Morgan fingerprint density at radius 3 is 2.80 bits per heavy atom. The van der Waals surface area contributed by atoms with E-state index in [2.05, 4.69) is 15.1 Å². The molecule has 0 spiro atoms. The molecule has 6 nitrogen and oxygen atoms in total. The smallest absolute Gasteiger partial charge is 0.163 e. The predicted molar refractivity (Wildman–Crippen MR) is 58.1 cm³/mol. The second kappa shape index (κ2) is 3.47. The van der Waals surface area contributed by atoms with Crippen molar-refractivity contribution in [3.05, 3.63) is 12.0 Å². The van der Waals surface area contributed by atoms with Gasteiger partial charge >= 0.3 is 0 Å². The van der Waals surface area contributed by atoms with Crippen LogP contribution in [0.3, 0.4) is 0 Å². The van der Waals surface area contributed by atoms with Gasteiger partial charge in [0.15, 0.2) is 5.65 Å². The fourth-order valence-corrected chi connectivity index (χ4v) is 1.44.